The number of hydrogen-bond donors (Lipinski definition) is 1. The first-order valence-electron chi connectivity index (χ1n) is 8.05. The van der Waals surface area contributed by atoms with Crippen LogP contribution in [0.5, 0.6) is 0 Å². The predicted molar refractivity (Wildman–Crippen MR) is 84.0 cm³/mol. The molecule has 0 radical (unpaired) electrons. The van der Waals surface area contributed by atoms with E-state index in [0.717, 1.165) is 17.8 Å². The maximum atomic E-state index is 3.69. The van der Waals surface area contributed by atoms with Crippen LogP contribution >= 0.6 is 0 Å². The molecule has 1 heteroatoms. The molecular weight excluding hydrogens is 218 g/mol. The lowest BCUT2D eigenvalue weighted by atomic mass is 9.82. The molecule has 0 aromatic heterocycles. The van der Waals surface area contributed by atoms with Gasteiger partial charge in [0.1, 0.15) is 0 Å². The van der Waals surface area contributed by atoms with Crippen molar-refractivity contribution in [1.82, 2.24) is 5.32 Å². The van der Waals surface area contributed by atoms with Crippen LogP contribution in [0, 0.1) is 17.8 Å². The molecule has 0 fully saturated rings. The van der Waals surface area contributed by atoms with E-state index in [9.17, 15) is 0 Å². The van der Waals surface area contributed by atoms with Crippen LogP contribution in [0.15, 0.2) is 0 Å². The van der Waals surface area contributed by atoms with E-state index in [1.807, 2.05) is 0 Å². The van der Waals surface area contributed by atoms with E-state index in [1.165, 1.54) is 38.6 Å². The molecule has 0 aromatic rings. The van der Waals surface area contributed by atoms with Gasteiger partial charge in [0.25, 0.3) is 0 Å². The summed E-state index contributed by atoms with van der Waals surface area (Å²) < 4.78 is 0. The first-order valence-corrected chi connectivity index (χ1v) is 8.05. The normalized spacial score (nSPS) is 16.0. The predicted octanol–water partition coefficient (Wildman–Crippen LogP) is 5.25. The molecule has 2 unspecified atom stereocenters. The molecule has 0 aliphatic carbocycles. The highest BCUT2D eigenvalue weighted by Gasteiger charge is 2.20. The summed E-state index contributed by atoms with van der Waals surface area (Å²) in [6, 6.07) is 0. The summed E-state index contributed by atoms with van der Waals surface area (Å²) >= 11 is 0. The van der Waals surface area contributed by atoms with Crippen LogP contribution in [0.3, 0.4) is 0 Å². The average Bonchev–Trinajstić information content (AvgIpc) is 2.26. The van der Waals surface area contributed by atoms with Crippen LogP contribution in [0.25, 0.3) is 0 Å². The van der Waals surface area contributed by atoms with Gasteiger partial charge in [-0.25, -0.2) is 0 Å². The Kier molecular flexibility index (Phi) is 8.94. The number of hydrogen-bond acceptors (Lipinski definition) is 1. The van der Waals surface area contributed by atoms with Crippen molar-refractivity contribution in [3.63, 3.8) is 0 Å². The third-order valence-electron chi connectivity index (χ3n) is 4.02. The highest BCUT2D eigenvalue weighted by atomic mass is 14.9. The SMILES string of the molecule is CCCCC(CC)CC(CNC(C)(C)C)C(C)C. The van der Waals surface area contributed by atoms with Gasteiger partial charge in [-0.05, 0) is 51.5 Å². The van der Waals surface area contributed by atoms with Crippen LogP contribution in [0.4, 0.5) is 0 Å². The van der Waals surface area contributed by atoms with E-state index in [-0.39, 0.29) is 5.54 Å². The lowest BCUT2D eigenvalue weighted by Crippen LogP contribution is -2.40. The van der Waals surface area contributed by atoms with Crippen molar-refractivity contribution in [3.05, 3.63) is 0 Å². The molecule has 0 bridgehead atoms. The minimum atomic E-state index is 0.248. The summed E-state index contributed by atoms with van der Waals surface area (Å²) in [5.41, 5.74) is 0.248. The van der Waals surface area contributed by atoms with Crippen LogP contribution in [-0.4, -0.2) is 12.1 Å². The molecule has 18 heavy (non-hydrogen) atoms. The second-order valence-corrected chi connectivity index (χ2v) is 7.29. The third kappa shape index (κ3) is 8.97. The molecule has 0 amide bonds. The molecule has 1 nitrogen and oxygen atoms in total. The van der Waals surface area contributed by atoms with E-state index >= 15 is 0 Å². The zero-order valence-electron chi connectivity index (χ0n) is 14.0. The van der Waals surface area contributed by atoms with Gasteiger partial charge in [-0.1, -0.05) is 53.4 Å². The maximum absolute atomic E-state index is 3.69. The largest absolute Gasteiger partial charge is 0.312 e. The van der Waals surface area contributed by atoms with E-state index in [2.05, 4.69) is 53.8 Å². The van der Waals surface area contributed by atoms with Gasteiger partial charge in [0.15, 0.2) is 0 Å². The summed E-state index contributed by atoms with van der Waals surface area (Å²) in [7, 11) is 0. The molecule has 2 atom stereocenters. The minimum absolute atomic E-state index is 0.248. The summed E-state index contributed by atoms with van der Waals surface area (Å²) in [4.78, 5) is 0. The van der Waals surface area contributed by atoms with Crippen LogP contribution in [0.1, 0.15) is 80.6 Å². The molecule has 0 saturated carbocycles. The molecule has 0 spiro atoms. The second kappa shape index (κ2) is 8.96. The highest BCUT2D eigenvalue weighted by molar-refractivity contribution is 4.76. The van der Waals surface area contributed by atoms with Crippen molar-refractivity contribution >= 4 is 0 Å². The average molecular weight is 255 g/mol. The fourth-order valence-corrected chi connectivity index (χ4v) is 2.44. The minimum Gasteiger partial charge on any atom is -0.312 e. The zero-order chi connectivity index (χ0) is 14.2. The van der Waals surface area contributed by atoms with Gasteiger partial charge in [-0.15, -0.1) is 0 Å². The van der Waals surface area contributed by atoms with Gasteiger partial charge in [0.05, 0.1) is 0 Å². The first kappa shape index (κ1) is 18.0. The van der Waals surface area contributed by atoms with Crippen LogP contribution in [-0.2, 0) is 0 Å². The molecule has 1 N–H and O–H groups in total. The van der Waals surface area contributed by atoms with Gasteiger partial charge in [-0.3, -0.25) is 0 Å². The number of rotatable bonds is 9. The second-order valence-electron chi connectivity index (χ2n) is 7.29. The monoisotopic (exact) mass is 255 g/mol. The Labute approximate surface area is 116 Å². The summed E-state index contributed by atoms with van der Waals surface area (Å²) in [5.74, 6) is 2.54. The number of nitrogens with one attached hydrogen (secondary N) is 1. The molecule has 0 aliphatic heterocycles. The fourth-order valence-electron chi connectivity index (χ4n) is 2.44. The Bertz CT molecular complexity index is 190. The van der Waals surface area contributed by atoms with Gasteiger partial charge in [0, 0.05) is 5.54 Å². The lowest BCUT2D eigenvalue weighted by Gasteiger charge is -2.30. The van der Waals surface area contributed by atoms with Gasteiger partial charge in [-0.2, -0.15) is 0 Å². The van der Waals surface area contributed by atoms with Crippen LogP contribution < -0.4 is 5.32 Å². The Balaban J connectivity index is 4.23. The smallest absolute Gasteiger partial charge is 0.00966 e. The first-order chi connectivity index (χ1) is 8.30. The fraction of sp³-hybridized carbons (Fsp3) is 1.00. The summed E-state index contributed by atoms with van der Waals surface area (Å²) in [5, 5.41) is 3.69. The molecule has 0 aliphatic rings. The van der Waals surface area contributed by atoms with Crippen molar-refractivity contribution in [1.29, 1.82) is 0 Å². The quantitative estimate of drug-likeness (QED) is 0.593. The van der Waals surface area contributed by atoms with Crippen molar-refractivity contribution in [3.8, 4) is 0 Å². The van der Waals surface area contributed by atoms with Crippen LogP contribution in [0.2, 0.25) is 0 Å². The molecule has 0 saturated heterocycles. The Hall–Kier alpha value is -0.0400. The Morgan fingerprint density at radius 3 is 2.06 bits per heavy atom. The molecule has 110 valence electrons. The molecular formula is C17H37N. The van der Waals surface area contributed by atoms with E-state index in [4.69, 9.17) is 0 Å². The van der Waals surface area contributed by atoms with Crippen molar-refractivity contribution in [2.75, 3.05) is 6.54 Å². The summed E-state index contributed by atoms with van der Waals surface area (Å²) in [6.07, 6.45) is 6.90. The summed E-state index contributed by atoms with van der Waals surface area (Å²) in [6.45, 7) is 17.4. The van der Waals surface area contributed by atoms with Gasteiger partial charge in [0.2, 0.25) is 0 Å². The molecule has 0 rings (SSSR count). The zero-order valence-corrected chi connectivity index (χ0v) is 14.0. The van der Waals surface area contributed by atoms with E-state index in [1.54, 1.807) is 0 Å². The van der Waals surface area contributed by atoms with E-state index < -0.39 is 0 Å². The maximum Gasteiger partial charge on any atom is 0.00966 e. The standard InChI is InChI=1S/C17H37N/c1-8-10-11-15(9-2)12-16(14(3)4)13-18-17(5,6)7/h14-16,18H,8-13H2,1-7H3. The van der Waals surface area contributed by atoms with Gasteiger partial charge < -0.3 is 5.32 Å². The van der Waals surface area contributed by atoms with E-state index in [0.29, 0.717) is 0 Å². The lowest BCUT2D eigenvalue weighted by molar-refractivity contribution is 0.249. The molecule has 0 aromatic carbocycles. The molecule has 0 heterocycles. The Morgan fingerprint density at radius 2 is 1.67 bits per heavy atom. The van der Waals surface area contributed by atoms with Gasteiger partial charge >= 0.3 is 0 Å². The highest BCUT2D eigenvalue weighted by Crippen LogP contribution is 2.26. The Morgan fingerprint density at radius 1 is 1.06 bits per heavy atom. The van der Waals surface area contributed by atoms with Crippen molar-refractivity contribution < 1.29 is 0 Å². The van der Waals surface area contributed by atoms with Crippen molar-refractivity contribution in [2.24, 2.45) is 17.8 Å². The number of unbranched alkanes of at least 4 members (excludes halogenated alkanes) is 1. The topological polar surface area (TPSA) is 12.0 Å². The van der Waals surface area contributed by atoms with Crippen molar-refractivity contribution in [2.45, 2.75) is 86.1 Å². The third-order valence-corrected chi connectivity index (χ3v) is 4.02.